The third-order valence-corrected chi connectivity index (χ3v) is 12.8. The monoisotopic (exact) mass is 859 g/mol. The molecule has 2 atom stereocenters. The maximum Gasteiger partial charge on any atom is 0.237 e. The molecule has 1 saturated carbocycles. The normalized spacial score (nSPS) is 17.0. The van der Waals surface area contributed by atoms with Gasteiger partial charge >= 0.3 is 0 Å². The maximum atomic E-state index is 13.8. The van der Waals surface area contributed by atoms with E-state index in [1.165, 1.54) is 0 Å². The molecule has 334 valence electrons. The standard InChI is InChI=1S/C40H69N4O11PS.CH4/c1-6-19-52-22-18-42-40(48)37(44(29-35(45)8-7-20-53-25-23-50-4)30-38(46)41-17-21-54-26-24-51-5)27-32-9-11-33(12-10-32)28-43-39(47)34-13-15-36(16-14-34)55-56(49,57)31(2)3;/h9-12,31,34,36-37H,6-8,13-30H2,1-5H3,(H,41,46)(H,42,48)(H,43,47)(H,49,57);1H4/p-1/t34?,36?,37-,56?;/m1./s1. The van der Waals surface area contributed by atoms with Gasteiger partial charge in [0.1, 0.15) is 5.78 Å². The van der Waals surface area contributed by atoms with Crippen molar-refractivity contribution >= 4 is 41.8 Å². The molecule has 1 aliphatic rings. The van der Waals surface area contributed by atoms with Crippen LogP contribution in [0.3, 0.4) is 0 Å². The van der Waals surface area contributed by atoms with Crippen molar-refractivity contribution in [3.8, 4) is 0 Å². The van der Waals surface area contributed by atoms with Gasteiger partial charge in [0.15, 0.2) is 0 Å². The fraction of sp³-hybridized carbons (Fsp3) is 0.756. The summed E-state index contributed by atoms with van der Waals surface area (Å²) < 4.78 is 32.3. The second-order valence-electron chi connectivity index (χ2n) is 14.5. The number of methoxy groups -OCH3 is 2. The first kappa shape index (κ1) is 53.6. The van der Waals surface area contributed by atoms with E-state index in [-0.39, 0.29) is 87.6 Å². The molecule has 15 nitrogen and oxygen atoms in total. The van der Waals surface area contributed by atoms with E-state index in [0.717, 1.165) is 17.5 Å². The summed E-state index contributed by atoms with van der Waals surface area (Å²) in [5.74, 6) is -0.972. The third kappa shape index (κ3) is 22.8. The molecule has 17 heteroatoms. The molecule has 0 bridgehead atoms. The Morgan fingerprint density at radius 2 is 1.40 bits per heavy atom. The molecule has 0 aliphatic heterocycles. The molecule has 3 amide bonds. The highest BCUT2D eigenvalue weighted by molar-refractivity contribution is 8.09. The van der Waals surface area contributed by atoms with Gasteiger partial charge in [0.2, 0.25) is 17.7 Å². The number of nitrogens with zero attached hydrogens (tertiary/aromatic N) is 1. The zero-order valence-electron chi connectivity index (χ0n) is 34.8. The molecule has 0 saturated heterocycles. The molecule has 1 aromatic rings. The molecule has 0 spiro atoms. The van der Waals surface area contributed by atoms with Gasteiger partial charge in [-0.05, 0) is 68.2 Å². The number of hydrogen-bond donors (Lipinski definition) is 3. The summed E-state index contributed by atoms with van der Waals surface area (Å²) in [6, 6.07) is 6.74. The number of rotatable bonds is 32. The van der Waals surface area contributed by atoms with Crippen LogP contribution in [-0.2, 0) is 72.2 Å². The molecule has 0 radical (unpaired) electrons. The average molecular weight is 860 g/mol. The molecule has 1 unspecified atom stereocenters. The van der Waals surface area contributed by atoms with Crippen LogP contribution in [-0.4, -0.2) is 139 Å². The molecule has 0 heterocycles. The zero-order valence-corrected chi connectivity index (χ0v) is 36.5. The van der Waals surface area contributed by atoms with Gasteiger partial charge in [0.25, 0.3) is 0 Å². The zero-order chi connectivity index (χ0) is 41.9. The molecule has 1 aromatic carbocycles. The van der Waals surface area contributed by atoms with Gasteiger partial charge in [0.05, 0.1) is 64.9 Å². The smallest absolute Gasteiger partial charge is 0.237 e. The lowest BCUT2D eigenvalue weighted by Crippen LogP contribution is -2.53. The third-order valence-electron chi connectivity index (χ3n) is 9.43. The minimum atomic E-state index is -3.09. The van der Waals surface area contributed by atoms with Crippen molar-refractivity contribution < 1.29 is 52.3 Å². The summed E-state index contributed by atoms with van der Waals surface area (Å²) in [7, 11) is 3.17. The first-order valence-corrected chi connectivity index (χ1v) is 23.0. The Morgan fingerprint density at radius 3 is 2.00 bits per heavy atom. The first-order chi connectivity index (χ1) is 27.4. The minimum absolute atomic E-state index is 0. The summed E-state index contributed by atoms with van der Waals surface area (Å²) in [6.07, 6.45) is 4.17. The Hall–Kier alpha value is -2.37. The van der Waals surface area contributed by atoms with Crippen LogP contribution in [0.25, 0.3) is 0 Å². The van der Waals surface area contributed by atoms with Crippen molar-refractivity contribution in [3.63, 3.8) is 0 Å². The number of amides is 3. The summed E-state index contributed by atoms with van der Waals surface area (Å²) in [5.41, 5.74) is 1.49. The number of nitrogens with one attached hydrogen (secondary N) is 3. The van der Waals surface area contributed by atoms with Crippen LogP contribution in [0.15, 0.2) is 24.3 Å². The van der Waals surface area contributed by atoms with Gasteiger partial charge in [0, 0.05) is 59.4 Å². The Bertz CT molecular complexity index is 1320. The molecule has 1 aliphatic carbocycles. The van der Waals surface area contributed by atoms with E-state index < -0.39 is 12.5 Å². The number of ether oxygens (including phenoxy) is 5. The van der Waals surface area contributed by atoms with E-state index in [4.69, 9.17) is 40.0 Å². The van der Waals surface area contributed by atoms with Crippen molar-refractivity contribution in [2.75, 3.05) is 93.3 Å². The lowest BCUT2D eigenvalue weighted by Gasteiger charge is -2.38. The van der Waals surface area contributed by atoms with Crippen LogP contribution in [0, 0.1) is 5.92 Å². The van der Waals surface area contributed by atoms with Crippen LogP contribution in [0.4, 0.5) is 0 Å². The van der Waals surface area contributed by atoms with Gasteiger partial charge in [-0.25, -0.2) is 0 Å². The fourth-order valence-corrected chi connectivity index (χ4v) is 7.29. The molecule has 1 fully saturated rings. The number of benzene rings is 1. The SMILES string of the molecule is C.CCCOCCNC(=O)[C@@H](Cc1ccc(CNC(=O)C2CCC(OP([O-])(=S)C(C)C)CC2)cc1)N(CC(=O)CCCOCCOC)CC(=O)NCCOCCOC. The van der Waals surface area contributed by atoms with E-state index >= 15 is 0 Å². The Labute approximate surface area is 352 Å². The van der Waals surface area contributed by atoms with Gasteiger partial charge in [-0.2, -0.15) is 0 Å². The van der Waals surface area contributed by atoms with E-state index in [1.54, 1.807) is 33.0 Å². The first-order valence-electron chi connectivity index (χ1n) is 20.3. The van der Waals surface area contributed by atoms with Crippen molar-refractivity contribution in [1.29, 1.82) is 0 Å². The number of carbonyl (C=O) groups excluding carboxylic acids is 4. The highest BCUT2D eigenvalue weighted by atomic mass is 32.5. The van der Waals surface area contributed by atoms with Crippen LogP contribution >= 0.6 is 6.49 Å². The Morgan fingerprint density at radius 1 is 0.810 bits per heavy atom. The summed E-state index contributed by atoms with van der Waals surface area (Å²) in [5, 5.41) is 8.81. The Balaban J connectivity index is 0.0000168. The number of ketones is 1. The van der Waals surface area contributed by atoms with Crippen LogP contribution in [0.2, 0.25) is 0 Å². The van der Waals surface area contributed by atoms with Crippen LogP contribution < -0.4 is 20.8 Å². The lowest BCUT2D eigenvalue weighted by molar-refractivity contribution is -0.189. The van der Waals surface area contributed by atoms with Gasteiger partial charge in [-0.15, -0.1) is 0 Å². The maximum absolute atomic E-state index is 13.8. The van der Waals surface area contributed by atoms with Crippen molar-refractivity contribution in [2.45, 2.75) is 104 Å². The van der Waals surface area contributed by atoms with Crippen molar-refractivity contribution in [3.05, 3.63) is 35.4 Å². The fourth-order valence-electron chi connectivity index (χ4n) is 6.05. The number of carbonyl (C=O) groups is 4. The quantitative estimate of drug-likeness (QED) is 0.0710. The van der Waals surface area contributed by atoms with Gasteiger partial charge < -0.3 is 49.1 Å². The van der Waals surface area contributed by atoms with Crippen LogP contribution in [0.5, 0.6) is 0 Å². The van der Waals surface area contributed by atoms with E-state index in [9.17, 15) is 24.1 Å². The predicted molar refractivity (Wildman–Crippen MR) is 227 cm³/mol. The van der Waals surface area contributed by atoms with E-state index in [0.29, 0.717) is 91.5 Å². The highest BCUT2D eigenvalue weighted by Crippen LogP contribution is 2.46. The van der Waals surface area contributed by atoms with Gasteiger partial charge in [-0.3, -0.25) is 24.1 Å². The predicted octanol–water partition coefficient (Wildman–Crippen LogP) is 3.14. The topological polar surface area (TPSA) is 186 Å². The molecular formula is C41H72N4O11PS-. The average Bonchev–Trinajstić information content (AvgIpc) is 3.18. The minimum Gasteiger partial charge on any atom is -0.800 e. The molecule has 0 aromatic heterocycles. The number of Topliss-reactive ketones (excluding diaryl/α,β-unsaturated/α-hetero) is 1. The number of hydrogen-bond acceptors (Lipinski definition) is 13. The van der Waals surface area contributed by atoms with Crippen molar-refractivity contribution in [2.24, 2.45) is 5.92 Å². The van der Waals surface area contributed by atoms with Crippen LogP contribution in [0.1, 0.15) is 84.3 Å². The highest BCUT2D eigenvalue weighted by Gasteiger charge is 2.30. The summed E-state index contributed by atoms with van der Waals surface area (Å²) >= 11 is 5.18. The summed E-state index contributed by atoms with van der Waals surface area (Å²) in [4.78, 5) is 67.5. The second kappa shape index (κ2) is 31.5. The van der Waals surface area contributed by atoms with Gasteiger partial charge in [-0.1, -0.05) is 64.3 Å². The molecule has 2 rings (SSSR count). The van der Waals surface area contributed by atoms with E-state index in [1.807, 2.05) is 31.2 Å². The lowest BCUT2D eigenvalue weighted by atomic mass is 9.87. The molecule has 58 heavy (non-hydrogen) atoms. The molecular weight excluding hydrogens is 788 g/mol. The largest absolute Gasteiger partial charge is 0.800 e. The second-order valence-corrected chi connectivity index (χ2v) is 18.3. The molecule has 3 N–H and O–H groups in total. The van der Waals surface area contributed by atoms with Crippen molar-refractivity contribution in [1.82, 2.24) is 20.9 Å². The Kier molecular flexibility index (Phi) is 29.1. The summed E-state index contributed by atoms with van der Waals surface area (Å²) in [6.45, 7) is 6.43. The van der Waals surface area contributed by atoms with E-state index in [2.05, 4.69) is 16.0 Å².